The summed E-state index contributed by atoms with van der Waals surface area (Å²) in [6.07, 6.45) is 3.94. The number of pyridine rings is 1. The van der Waals surface area contributed by atoms with Crippen LogP contribution in [0, 0.1) is 13.8 Å². The number of benzene rings is 1. The van der Waals surface area contributed by atoms with Crippen molar-refractivity contribution >= 4 is 22.5 Å². The molecule has 2 fully saturated rings. The van der Waals surface area contributed by atoms with Gasteiger partial charge in [0, 0.05) is 36.8 Å². The van der Waals surface area contributed by atoms with Crippen molar-refractivity contribution in [3.05, 3.63) is 35.7 Å². The van der Waals surface area contributed by atoms with Gasteiger partial charge in [-0.05, 0) is 45.4 Å². The average molecular weight is 421 g/mol. The van der Waals surface area contributed by atoms with Gasteiger partial charge in [-0.1, -0.05) is 6.07 Å². The second-order valence-electron chi connectivity index (χ2n) is 8.53. The molecule has 2 unspecified atom stereocenters. The normalized spacial score (nSPS) is 21.0. The Morgan fingerprint density at radius 1 is 1.10 bits per heavy atom. The molecule has 0 aliphatic carbocycles. The maximum absolute atomic E-state index is 6.41. The van der Waals surface area contributed by atoms with E-state index in [0.717, 1.165) is 41.3 Å². The molecule has 0 radical (unpaired) electrons. The summed E-state index contributed by atoms with van der Waals surface area (Å²) >= 11 is 0. The second kappa shape index (κ2) is 7.53. The first-order valence-corrected chi connectivity index (χ1v) is 10.7. The van der Waals surface area contributed by atoms with E-state index < -0.39 is 0 Å². The van der Waals surface area contributed by atoms with Crippen LogP contribution in [-0.2, 0) is 0 Å². The zero-order valence-electron chi connectivity index (χ0n) is 18.4. The Hall–Kier alpha value is -3.13. The Labute approximate surface area is 182 Å². The summed E-state index contributed by atoms with van der Waals surface area (Å²) in [5.74, 6) is 3.13. The molecule has 2 aliphatic heterocycles. The van der Waals surface area contributed by atoms with E-state index in [-0.39, 0.29) is 0 Å². The molecule has 3 aromatic rings. The number of hydrogen-bond donors (Lipinski definition) is 1. The third kappa shape index (κ3) is 3.31. The van der Waals surface area contributed by atoms with Gasteiger partial charge < -0.3 is 20.1 Å². The molecule has 2 aromatic heterocycles. The number of nitrogen functional groups attached to an aromatic ring is 1. The summed E-state index contributed by atoms with van der Waals surface area (Å²) in [5, 5.41) is 0.630. The molecule has 0 amide bonds. The molecule has 8 nitrogen and oxygen atoms in total. The van der Waals surface area contributed by atoms with Crippen LogP contribution < -0.4 is 20.1 Å². The first-order chi connectivity index (χ1) is 15.0. The minimum Gasteiger partial charge on any atom is -0.496 e. The Morgan fingerprint density at radius 3 is 2.55 bits per heavy atom. The highest BCUT2D eigenvalue weighted by Crippen LogP contribution is 2.39. The molecular weight excluding hydrogens is 392 g/mol. The van der Waals surface area contributed by atoms with Crippen LogP contribution >= 0.6 is 0 Å². The highest BCUT2D eigenvalue weighted by atomic mass is 16.5. The number of piperazine rings is 1. The number of likely N-dealkylation sites (N-methyl/N-ethyl adjacent to an activating group) is 1. The van der Waals surface area contributed by atoms with Crippen LogP contribution in [0.1, 0.15) is 24.0 Å². The van der Waals surface area contributed by atoms with Crippen molar-refractivity contribution in [3.8, 4) is 17.4 Å². The highest BCUT2D eigenvalue weighted by Gasteiger charge is 2.38. The van der Waals surface area contributed by atoms with Gasteiger partial charge in [0.1, 0.15) is 34.8 Å². The fourth-order valence-corrected chi connectivity index (χ4v) is 4.88. The Balaban J connectivity index is 1.61. The first kappa shape index (κ1) is 19.8. The smallest absolute Gasteiger partial charge is 0.234 e. The summed E-state index contributed by atoms with van der Waals surface area (Å²) in [5.41, 5.74) is 8.87. The van der Waals surface area contributed by atoms with E-state index in [0.29, 0.717) is 34.9 Å². The number of methoxy groups -OCH3 is 1. The number of aromatic nitrogens is 3. The van der Waals surface area contributed by atoms with Crippen molar-refractivity contribution in [1.82, 2.24) is 19.9 Å². The predicted octanol–water partition coefficient (Wildman–Crippen LogP) is 3.31. The van der Waals surface area contributed by atoms with E-state index in [1.807, 2.05) is 32.0 Å². The number of rotatable bonds is 4. The maximum Gasteiger partial charge on any atom is 0.234 e. The second-order valence-corrected chi connectivity index (χ2v) is 8.53. The zero-order chi connectivity index (χ0) is 21.7. The van der Waals surface area contributed by atoms with Gasteiger partial charge in [0.25, 0.3) is 0 Å². The summed E-state index contributed by atoms with van der Waals surface area (Å²) in [6, 6.07) is 7.02. The van der Waals surface area contributed by atoms with Crippen molar-refractivity contribution in [3.63, 3.8) is 0 Å². The molecular formula is C23H28N6O2. The first-order valence-electron chi connectivity index (χ1n) is 10.7. The monoisotopic (exact) mass is 420 g/mol. The van der Waals surface area contributed by atoms with Crippen molar-refractivity contribution in [2.75, 3.05) is 37.9 Å². The van der Waals surface area contributed by atoms with E-state index in [2.05, 4.69) is 26.8 Å². The van der Waals surface area contributed by atoms with Crippen LogP contribution in [0.3, 0.4) is 0 Å². The number of anilines is 2. The number of ether oxygens (including phenoxy) is 2. The number of aryl methyl sites for hydroxylation is 1. The zero-order valence-corrected chi connectivity index (χ0v) is 18.4. The number of hydrogen-bond acceptors (Lipinski definition) is 8. The molecule has 0 spiro atoms. The molecule has 8 heteroatoms. The quantitative estimate of drug-likeness (QED) is 0.688. The van der Waals surface area contributed by atoms with Gasteiger partial charge in [0.15, 0.2) is 0 Å². The van der Waals surface area contributed by atoms with Gasteiger partial charge >= 0.3 is 0 Å². The summed E-state index contributed by atoms with van der Waals surface area (Å²) in [6.45, 7) is 5.88. The largest absolute Gasteiger partial charge is 0.496 e. The summed E-state index contributed by atoms with van der Waals surface area (Å²) < 4.78 is 11.9. The van der Waals surface area contributed by atoms with Crippen molar-refractivity contribution < 1.29 is 9.47 Å². The van der Waals surface area contributed by atoms with E-state index in [9.17, 15) is 0 Å². The molecule has 31 heavy (non-hydrogen) atoms. The van der Waals surface area contributed by atoms with Crippen molar-refractivity contribution in [2.45, 2.75) is 38.8 Å². The molecule has 2 atom stereocenters. The number of fused-ring (bicyclic) bond motifs is 3. The fraction of sp³-hybridized carbons (Fsp3) is 0.435. The maximum atomic E-state index is 6.41. The van der Waals surface area contributed by atoms with Crippen LogP contribution in [-0.4, -0.2) is 59.2 Å². The van der Waals surface area contributed by atoms with Gasteiger partial charge in [-0.25, -0.2) is 9.97 Å². The van der Waals surface area contributed by atoms with Crippen LogP contribution in [0.2, 0.25) is 0 Å². The van der Waals surface area contributed by atoms with E-state index in [4.69, 9.17) is 20.2 Å². The lowest BCUT2D eigenvalue weighted by Crippen LogP contribution is -2.52. The van der Waals surface area contributed by atoms with E-state index >= 15 is 0 Å². The molecule has 1 aromatic carbocycles. The van der Waals surface area contributed by atoms with Gasteiger partial charge in [-0.2, -0.15) is 4.98 Å². The molecule has 2 aliphatic rings. The Bertz CT molecular complexity index is 1140. The molecule has 2 saturated heterocycles. The van der Waals surface area contributed by atoms with Gasteiger partial charge in [-0.3, -0.25) is 4.90 Å². The van der Waals surface area contributed by atoms with Crippen molar-refractivity contribution in [2.24, 2.45) is 0 Å². The van der Waals surface area contributed by atoms with Crippen LogP contribution in [0.5, 0.6) is 17.4 Å². The Morgan fingerprint density at radius 2 is 1.84 bits per heavy atom. The molecule has 162 valence electrons. The third-order valence-electron chi connectivity index (χ3n) is 6.74. The third-order valence-corrected chi connectivity index (χ3v) is 6.74. The van der Waals surface area contributed by atoms with Gasteiger partial charge in [0.2, 0.25) is 5.88 Å². The molecule has 4 heterocycles. The number of nitrogens with zero attached hydrogens (tertiary/aromatic N) is 5. The molecule has 2 bridgehead atoms. The minimum absolute atomic E-state index is 0.357. The highest BCUT2D eigenvalue weighted by molar-refractivity contribution is 5.94. The lowest BCUT2D eigenvalue weighted by molar-refractivity contribution is 0.212. The lowest BCUT2D eigenvalue weighted by atomic mass is 10.1. The predicted molar refractivity (Wildman–Crippen MR) is 121 cm³/mol. The fourth-order valence-electron chi connectivity index (χ4n) is 4.88. The SMILES string of the molecule is COc1ccc(C)c(Oc2nc(N3CC4CCC(C3)N4C)cc3ncnc(N)c23)c1C. The molecule has 2 N–H and O–H groups in total. The van der Waals surface area contributed by atoms with Gasteiger partial charge in [-0.15, -0.1) is 0 Å². The minimum atomic E-state index is 0.357. The standard InChI is InChI=1S/C23H28N6O2/c1-13-5-8-18(30-4)14(2)21(13)31-23-20-17(25-12-26-22(20)24)9-19(27-23)29-10-15-6-7-16(11-29)28(15)3/h5,8-9,12,15-16H,6-7,10-11H2,1-4H3,(H2,24,25,26). The van der Waals surface area contributed by atoms with E-state index in [1.165, 1.54) is 19.2 Å². The lowest BCUT2D eigenvalue weighted by Gasteiger charge is -2.39. The van der Waals surface area contributed by atoms with Crippen LogP contribution in [0.25, 0.3) is 10.9 Å². The molecule has 0 saturated carbocycles. The van der Waals surface area contributed by atoms with Crippen molar-refractivity contribution in [1.29, 1.82) is 0 Å². The van der Waals surface area contributed by atoms with Gasteiger partial charge in [0.05, 0.1) is 12.6 Å². The van der Waals surface area contributed by atoms with E-state index in [1.54, 1.807) is 7.11 Å². The Kier molecular flexibility index (Phi) is 4.81. The topological polar surface area (TPSA) is 89.6 Å². The average Bonchev–Trinajstić information content (AvgIpc) is 2.96. The van der Waals surface area contributed by atoms with Crippen LogP contribution in [0.15, 0.2) is 24.5 Å². The summed E-state index contributed by atoms with van der Waals surface area (Å²) in [4.78, 5) is 18.4. The molecule has 5 rings (SSSR count). The van der Waals surface area contributed by atoms with Crippen LogP contribution in [0.4, 0.5) is 11.6 Å². The number of nitrogens with two attached hydrogens (primary N) is 1. The summed E-state index contributed by atoms with van der Waals surface area (Å²) in [7, 11) is 3.88.